The summed E-state index contributed by atoms with van der Waals surface area (Å²) in [6.45, 7) is 1.37. The minimum absolute atomic E-state index is 0.0124. The summed E-state index contributed by atoms with van der Waals surface area (Å²) in [6.07, 6.45) is 0. The second-order valence-corrected chi connectivity index (χ2v) is 5.76. The average Bonchev–Trinajstić information content (AvgIpc) is 2.41. The van der Waals surface area contributed by atoms with Gasteiger partial charge in [-0.1, -0.05) is 12.1 Å². The van der Waals surface area contributed by atoms with E-state index >= 15 is 0 Å². The van der Waals surface area contributed by atoms with E-state index in [-0.39, 0.29) is 17.3 Å². The molecule has 8 heteroatoms. The van der Waals surface area contributed by atoms with Gasteiger partial charge >= 0.3 is 0 Å². The van der Waals surface area contributed by atoms with Gasteiger partial charge in [0.15, 0.2) is 5.82 Å². The van der Waals surface area contributed by atoms with E-state index in [4.69, 9.17) is 5.11 Å². The summed E-state index contributed by atoms with van der Waals surface area (Å²) in [5.74, 6) is 0.0124. The van der Waals surface area contributed by atoms with Gasteiger partial charge in [-0.25, -0.2) is 13.5 Å². The summed E-state index contributed by atoms with van der Waals surface area (Å²) in [7, 11) is -3.84. The molecule has 0 radical (unpaired) electrons. The maximum atomic E-state index is 12.3. The Labute approximate surface area is 115 Å². The third-order valence-corrected chi connectivity index (χ3v) is 4.27. The molecule has 3 N–H and O–H groups in total. The number of aromatic amines is 1. The zero-order chi connectivity index (χ0) is 14.8. The summed E-state index contributed by atoms with van der Waals surface area (Å²) in [6, 6.07) is 7.06. The van der Waals surface area contributed by atoms with Crippen LogP contribution >= 0.6 is 0 Å². The first kappa shape index (κ1) is 14.2. The highest BCUT2D eigenvalue weighted by atomic mass is 32.2. The summed E-state index contributed by atoms with van der Waals surface area (Å²) >= 11 is 0. The number of hydrogen-bond acceptors (Lipinski definition) is 5. The van der Waals surface area contributed by atoms with E-state index in [1.54, 1.807) is 19.1 Å². The molecule has 20 heavy (non-hydrogen) atoms. The van der Waals surface area contributed by atoms with Gasteiger partial charge in [0.25, 0.3) is 15.6 Å². The smallest absolute Gasteiger partial charge is 0.264 e. The number of H-pyrrole nitrogens is 1. The minimum Gasteiger partial charge on any atom is -0.392 e. The molecule has 0 amide bonds. The van der Waals surface area contributed by atoms with Crippen LogP contribution in [0, 0.1) is 6.92 Å². The van der Waals surface area contributed by atoms with Gasteiger partial charge < -0.3 is 5.11 Å². The molecule has 106 valence electrons. The Morgan fingerprint density at radius 3 is 2.65 bits per heavy atom. The van der Waals surface area contributed by atoms with Crippen molar-refractivity contribution in [2.75, 3.05) is 4.72 Å². The fourth-order valence-electron chi connectivity index (χ4n) is 1.72. The van der Waals surface area contributed by atoms with Crippen molar-refractivity contribution in [1.82, 2.24) is 10.2 Å². The molecule has 0 bridgehead atoms. The van der Waals surface area contributed by atoms with Crippen LogP contribution in [0.15, 0.2) is 40.0 Å². The molecular formula is C12H13N3O4S. The van der Waals surface area contributed by atoms with Gasteiger partial charge in [0.2, 0.25) is 0 Å². The number of sulfonamides is 1. The lowest BCUT2D eigenvalue weighted by atomic mass is 10.1. The zero-order valence-corrected chi connectivity index (χ0v) is 11.4. The van der Waals surface area contributed by atoms with Crippen molar-refractivity contribution in [3.63, 3.8) is 0 Å². The highest BCUT2D eigenvalue weighted by molar-refractivity contribution is 7.92. The normalized spacial score (nSPS) is 11.3. The van der Waals surface area contributed by atoms with Crippen molar-refractivity contribution in [2.24, 2.45) is 0 Å². The predicted octanol–water partition coefficient (Wildman–Crippen LogP) is 0.371. The Morgan fingerprint density at radius 1 is 1.30 bits per heavy atom. The van der Waals surface area contributed by atoms with Crippen molar-refractivity contribution < 1.29 is 13.5 Å². The van der Waals surface area contributed by atoms with Gasteiger partial charge in [0.05, 0.1) is 11.5 Å². The topological polar surface area (TPSA) is 112 Å². The molecule has 1 aromatic heterocycles. The Balaban J connectivity index is 2.40. The number of rotatable bonds is 4. The molecule has 7 nitrogen and oxygen atoms in total. The van der Waals surface area contributed by atoms with Crippen molar-refractivity contribution in [1.29, 1.82) is 0 Å². The van der Waals surface area contributed by atoms with E-state index in [2.05, 4.69) is 14.9 Å². The molecule has 0 saturated heterocycles. The molecule has 0 spiro atoms. The Morgan fingerprint density at radius 2 is 2.05 bits per heavy atom. The number of nitrogens with zero attached hydrogens (tertiary/aromatic N) is 1. The van der Waals surface area contributed by atoms with E-state index in [0.717, 1.165) is 0 Å². The average molecular weight is 295 g/mol. The Kier molecular flexibility index (Phi) is 3.86. The van der Waals surface area contributed by atoms with Gasteiger partial charge in [-0.15, -0.1) is 0 Å². The molecule has 1 heterocycles. The molecule has 0 saturated carbocycles. The van der Waals surface area contributed by atoms with Crippen LogP contribution < -0.4 is 10.3 Å². The van der Waals surface area contributed by atoms with Gasteiger partial charge in [0.1, 0.15) is 0 Å². The maximum absolute atomic E-state index is 12.3. The Bertz CT molecular complexity index is 763. The van der Waals surface area contributed by atoms with Gasteiger partial charge in [-0.3, -0.25) is 9.52 Å². The number of aliphatic hydroxyl groups is 1. The number of benzene rings is 1. The maximum Gasteiger partial charge on any atom is 0.264 e. The predicted molar refractivity (Wildman–Crippen MR) is 72.8 cm³/mol. The highest BCUT2D eigenvalue weighted by Gasteiger charge is 2.18. The first-order valence-corrected chi connectivity index (χ1v) is 7.20. The van der Waals surface area contributed by atoms with Crippen LogP contribution in [0.4, 0.5) is 5.82 Å². The van der Waals surface area contributed by atoms with Crippen molar-refractivity contribution in [3.05, 3.63) is 51.8 Å². The summed E-state index contributed by atoms with van der Waals surface area (Å²) < 4.78 is 26.8. The summed E-state index contributed by atoms with van der Waals surface area (Å²) in [5.41, 5.74) is 0.570. The van der Waals surface area contributed by atoms with E-state index in [9.17, 15) is 13.2 Å². The number of aromatic nitrogens is 2. The van der Waals surface area contributed by atoms with Crippen LogP contribution in [0.1, 0.15) is 11.1 Å². The van der Waals surface area contributed by atoms with E-state index < -0.39 is 15.6 Å². The molecule has 0 aliphatic heterocycles. The molecular weight excluding hydrogens is 282 g/mol. The lowest BCUT2D eigenvalue weighted by Crippen LogP contribution is -2.17. The molecule has 2 aromatic rings. The van der Waals surface area contributed by atoms with E-state index in [1.807, 2.05) is 0 Å². The molecule has 0 aliphatic rings. The van der Waals surface area contributed by atoms with Crippen molar-refractivity contribution in [3.8, 4) is 0 Å². The largest absolute Gasteiger partial charge is 0.392 e. The summed E-state index contributed by atoms with van der Waals surface area (Å²) in [5, 5.41) is 14.9. The van der Waals surface area contributed by atoms with Crippen molar-refractivity contribution >= 4 is 15.8 Å². The monoisotopic (exact) mass is 295 g/mol. The van der Waals surface area contributed by atoms with E-state index in [1.165, 1.54) is 18.2 Å². The second kappa shape index (κ2) is 5.43. The first-order chi connectivity index (χ1) is 9.44. The number of anilines is 1. The molecule has 2 rings (SSSR count). The lowest BCUT2D eigenvalue weighted by Gasteiger charge is -2.11. The minimum atomic E-state index is -3.84. The van der Waals surface area contributed by atoms with Crippen LogP contribution in [0.25, 0.3) is 0 Å². The van der Waals surface area contributed by atoms with Crippen LogP contribution in [-0.2, 0) is 16.6 Å². The molecule has 0 aliphatic carbocycles. The molecule has 0 fully saturated rings. The van der Waals surface area contributed by atoms with Crippen LogP contribution in [0.2, 0.25) is 0 Å². The molecule has 0 unspecified atom stereocenters. The lowest BCUT2D eigenvalue weighted by molar-refractivity contribution is 0.280. The number of hydrogen-bond donors (Lipinski definition) is 3. The highest BCUT2D eigenvalue weighted by Crippen LogP contribution is 2.20. The summed E-state index contributed by atoms with van der Waals surface area (Å²) in [4.78, 5) is 10.9. The van der Waals surface area contributed by atoms with Gasteiger partial charge in [0, 0.05) is 6.07 Å². The van der Waals surface area contributed by atoms with Crippen molar-refractivity contribution in [2.45, 2.75) is 18.4 Å². The van der Waals surface area contributed by atoms with Gasteiger partial charge in [-0.05, 0) is 30.2 Å². The van der Waals surface area contributed by atoms with Gasteiger partial charge in [-0.2, -0.15) is 5.10 Å². The molecule has 0 atom stereocenters. The first-order valence-electron chi connectivity index (χ1n) is 5.72. The van der Waals surface area contributed by atoms with Crippen LogP contribution in [0.5, 0.6) is 0 Å². The SMILES string of the molecule is Cc1c(CO)cccc1S(=O)(=O)Nc1ccc(=O)[nH]n1. The fourth-order valence-corrected chi connectivity index (χ4v) is 3.01. The standard InChI is InChI=1S/C12H13N3O4S/c1-8-9(7-16)3-2-4-10(8)20(18,19)15-11-5-6-12(17)14-13-11/h2-6,16H,7H2,1H3,(H,13,15)(H,14,17). The zero-order valence-electron chi connectivity index (χ0n) is 10.6. The second-order valence-electron chi connectivity index (χ2n) is 4.11. The van der Waals surface area contributed by atoms with E-state index in [0.29, 0.717) is 11.1 Å². The number of aliphatic hydroxyl groups excluding tert-OH is 1. The third kappa shape index (κ3) is 2.86. The van der Waals surface area contributed by atoms with Crippen LogP contribution in [-0.4, -0.2) is 23.7 Å². The number of nitrogens with one attached hydrogen (secondary N) is 2. The quantitative estimate of drug-likeness (QED) is 0.754. The molecule has 1 aromatic carbocycles. The third-order valence-electron chi connectivity index (χ3n) is 2.77. The Hall–Kier alpha value is -2.19. The van der Waals surface area contributed by atoms with Crippen LogP contribution in [0.3, 0.4) is 0 Å². The fraction of sp³-hybridized carbons (Fsp3) is 0.167.